The van der Waals surface area contributed by atoms with Gasteiger partial charge >= 0.3 is 0 Å². The summed E-state index contributed by atoms with van der Waals surface area (Å²) in [5.74, 6) is -0.341. The van der Waals surface area contributed by atoms with Crippen molar-refractivity contribution in [3.8, 4) is 22.4 Å². The molecule has 0 amide bonds. The Kier molecular flexibility index (Phi) is 5.36. The molecule has 0 aliphatic carbocycles. The number of benzene rings is 1. The smallest absolute Gasteiger partial charge is 0.279 e. The molecule has 2 aromatic heterocycles. The summed E-state index contributed by atoms with van der Waals surface area (Å²) in [5, 5.41) is 7.31. The van der Waals surface area contributed by atoms with Gasteiger partial charge in [-0.15, -0.1) is 0 Å². The van der Waals surface area contributed by atoms with E-state index in [2.05, 4.69) is 19.9 Å². The lowest BCUT2D eigenvalue weighted by molar-refractivity contribution is 0.493. The van der Waals surface area contributed by atoms with Crippen LogP contribution in [0.5, 0.6) is 0 Å². The van der Waals surface area contributed by atoms with Gasteiger partial charge in [-0.3, -0.25) is 10.1 Å². The molecule has 142 valence electrons. The van der Waals surface area contributed by atoms with E-state index in [4.69, 9.17) is 0 Å². The first kappa shape index (κ1) is 19.2. The number of hydrogen-bond acceptors (Lipinski definition) is 4. The largest absolute Gasteiger partial charge is 0.280 e. The Bertz CT molecular complexity index is 1020. The molecule has 2 N–H and O–H groups in total. The number of H-pyrrole nitrogens is 1. The number of pyridine rings is 1. The van der Waals surface area contributed by atoms with E-state index >= 15 is 0 Å². The van der Waals surface area contributed by atoms with Crippen molar-refractivity contribution in [1.29, 1.82) is 0 Å². The van der Waals surface area contributed by atoms with Crippen molar-refractivity contribution in [3.05, 3.63) is 60.3 Å². The first-order valence-electron chi connectivity index (χ1n) is 8.24. The summed E-state index contributed by atoms with van der Waals surface area (Å²) in [6.45, 7) is 1.73. The summed E-state index contributed by atoms with van der Waals surface area (Å²) in [6.07, 6.45) is 3.30. The van der Waals surface area contributed by atoms with Crippen LogP contribution in [-0.4, -0.2) is 42.0 Å². The molecule has 3 rings (SSSR count). The highest BCUT2D eigenvalue weighted by Gasteiger charge is 2.25. The van der Waals surface area contributed by atoms with E-state index in [0.717, 1.165) is 15.4 Å². The topological polar surface area (TPSA) is 91.0 Å². The lowest BCUT2D eigenvalue weighted by Gasteiger charge is -2.18. The Morgan fingerprint density at radius 3 is 2.30 bits per heavy atom. The number of halogens is 1. The predicted octanol–water partition coefficient (Wildman–Crippen LogP) is 2.73. The standard InChI is InChI=1S/C18H20FN5O2S/c1-12(23-27(25,26)24(2)3)17-16(13-8-10-20-11-9-13)18(22-21-17)14-4-6-15(19)7-5-14/h4-12,23H,1-3H3,(H,21,22)/t12-/m1/s1. The summed E-state index contributed by atoms with van der Waals surface area (Å²) in [6, 6.07) is 9.05. The summed E-state index contributed by atoms with van der Waals surface area (Å²) in [4.78, 5) is 4.03. The summed E-state index contributed by atoms with van der Waals surface area (Å²) < 4.78 is 41.4. The zero-order valence-electron chi connectivity index (χ0n) is 15.1. The fourth-order valence-electron chi connectivity index (χ4n) is 2.68. The Morgan fingerprint density at radius 1 is 1.07 bits per heavy atom. The van der Waals surface area contributed by atoms with Gasteiger partial charge in [0, 0.05) is 37.6 Å². The molecule has 7 nitrogen and oxygen atoms in total. The molecule has 3 aromatic rings. The Morgan fingerprint density at radius 2 is 1.70 bits per heavy atom. The van der Waals surface area contributed by atoms with Crippen LogP contribution in [-0.2, 0) is 10.2 Å². The molecule has 9 heteroatoms. The Hall–Kier alpha value is -2.62. The van der Waals surface area contributed by atoms with E-state index in [1.165, 1.54) is 26.2 Å². The fourth-order valence-corrected chi connectivity index (χ4v) is 3.46. The SMILES string of the molecule is C[C@@H](NS(=O)(=O)N(C)C)c1[nH]nc(-c2ccc(F)cc2)c1-c1ccncc1. The van der Waals surface area contributed by atoms with Crippen LogP contribution in [0.1, 0.15) is 18.7 Å². The van der Waals surface area contributed by atoms with E-state index < -0.39 is 16.3 Å². The molecular weight excluding hydrogens is 369 g/mol. The molecular formula is C18H20FN5O2S. The Balaban J connectivity index is 2.11. The normalized spacial score (nSPS) is 13.1. The molecule has 0 aliphatic heterocycles. The van der Waals surface area contributed by atoms with Crippen LogP contribution in [0.2, 0.25) is 0 Å². The van der Waals surface area contributed by atoms with Gasteiger partial charge in [-0.2, -0.15) is 22.5 Å². The quantitative estimate of drug-likeness (QED) is 0.678. The van der Waals surface area contributed by atoms with Crippen LogP contribution >= 0.6 is 0 Å². The van der Waals surface area contributed by atoms with Crippen LogP contribution < -0.4 is 4.72 Å². The minimum absolute atomic E-state index is 0.341. The number of aromatic nitrogens is 3. The van der Waals surface area contributed by atoms with E-state index in [1.807, 2.05) is 12.1 Å². The molecule has 0 spiro atoms. The number of nitrogens with zero attached hydrogens (tertiary/aromatic N) is 3. The van der Waals surface area contributed by atoms with Gasteiger partial charge in [-0.1, -0.05) is 0 Å². The molecule has 1 atom stereocenters. The van der Waals surface area contributed by atoms with Crippen molar-refractivity contribution in [2.45, 2.75) is 13.0 Å². The molecule has 0 saturated carbocycles. The lowest BCUT2D eigenvalue weighted by Crippen LogP contribution is -2.37. The first-order valence-corrected chi connectivity index (χ1v) is 9.68. The zero-order chi connectivity index (χ0) is 19.6. The third-order valence-corrected chi connectivity index (χ3v) is 5.73. The second kappa shape index (κ2) is 7.55. The summed E-state index contributed by atoms with van der Waals surface area (Å²) >= 11 is 0. The lowest BCUT2D eigenvalue weighted by atomic mass is 9.97. The number of hydrogen-bond donors (Lipinski definition) is 2. The number of nitrogens with one attached hydrogen (secondary N) is 2. The second-order valence-corrected chi connectivity index (χ2v) is 8.15. The molecule has 2 heterocycles. The predicted molar refractivity (Wildman–Crippen MR) is 101 cm³/mol. The van der Waals surface area contributed by atoms with Crippen LogP contribution in [0.25, 0.3) is 22.4 Å². The zero-order valence-corrected chi connectivity index (χ0v) is 16.0. The van der Waals surface area contributed by atoms with Gasteiger partial charge in [-0.25, -0.2) is 4.39 Å². The van der Waals surface area contributed by atoms with Crippen molar-refractivity contribution < 1.29 is 12.8 Å². The fraction of sp³-hybridized carbons (Fsp3) is 0.222. The van der Waals surface area contributed by atoms with Crippen molar-refractivity contribution in [3.63, 3.8) is 0 Å². The maximum absolute atomic E-state index is 13.3. The van der Waals surface area contributed by atoms with Gasteiger partial charge in [0.05, 0.1) is 11.7 Å². The molecule has 0 saturated heterocycles. The van der Waals surface area contributed by atoms with Gasteiger partial charge in [0.2, 0.25) is 0 Å². The number of rotatable bonds is 6. The third-order valence-electron chi connectivity index (χ3n) is 4.12. The van der Waals surface area contributed by atoms with Crippen LogP contribution in [0.15, 0.2) is 48.8 Å². The molecule has 1 aromatic carbocycles. The van der Waals surface area contributed by atoms with Crippen LogP contribution in [0, 0.1) is 5.82 Å². The summed E-state index contributed by atoms with van der Waals surface area (Å²) in [7, 11) is -0.724. The van der Waals surface area contributed by atoms with Gasteiger partial charge in [-0.05, 0) is 48.9 Å². The highest BCUT2D eigenvalue weighted by Crippen LogP contribution is 2.35. The van der Waals surface area contributed by atoms with Gasteiger partial charge < -0.3 is 0 Å². The van der Waals surface area contributed by atoms with E-state index in [0.29, 0.717) is 17.0 Å². The monoisotopic (exact) mass is 389 g/mol. The molecule has 0 unspecified atom stereocenters. The maximum Gasteiger partial charge on any atom is 0.279 e. The molecule has 0 aliphatic rings. The van der Waals surface area contributed by atoms with E-state index in [9.17, 15) is 12.8 Å². The average molecular weight is 389 g/mol. The van der Waals surface area contributed by atoms with Gasteiger partial charge in [0.15, 0.2) is 0 Å². The molecule has 27 heavy (non-hydrogen) atoms. The van der Waals surface area contributed by atoms with Crippen molar-refractivity contribution >= 4 is 10.2 Å². The van der Waals surface area contributed by atoms with E-state index in [1.54, 1.807) is 31.5 Å². The first-order chi connectivity index (χ1) is 12.8. The molecule has 0 bridgehead atoms. The Labute approximate surface area is 157 Å². The van der Waals surface area contributed by atoms with Crippen molar-refractivity contribution in [2.24, 2.45) is 0 Å². The van der Waals surface area contributed by atoms with Crippen LogP contribution in [0.4, 0.5) is 4.39 Å². The van der Waals surface area contributed by atoms with Gasteiger partial charge in [0.25, 0.3) is 10.2 Å². The second-order valence-electron chi connectivity index (χ2n) is 6.23. The van der Waals surface area contributed by atoms with Crippen molar-refractivity contribution in [1.82, 2.24) is 24.2 Å². The molecule has 0 fully saturated rings. The van der Waals surface area contributed by atoms with E-state index in [-0.39, 0.29) is 5.82 Å². The minimum Gasteiger partial charge on any atom is -0.280 e. The highest BCUT2D eigenvalue weighted by molar-refractivity contribution is 7.87. The summed E-state index contributed by atoms with van der Waals surface area (Å²) in [5.41, 5.74) is 3.48. The maximum atomic E-state index is 13.3. The number of aromatic amines is 1. The highest BCUT2D eigenvalue weighted by atomic mass is 32.2. The average Bonchev–Trinajstić information content (AvgIpc) is 3.08. The van der Waals surface area contributed by atoms with Crippen LogP contribution in [0.3, 0.4) is 0 Å². The molecule has 0 radical (unpaired) electrons. The third kappa shape index (κ3) is 4.05. The van der Waals surface area contributed by atoms with Gasteiger partial charge in [0.1, 0.15) is 11.5 Å². The van der Waals surface area contributed by atoms with Crippen molar-refractivity contribution in [2.75, 3.05) is 14.1 Å². The minimum atomic E-state index is -3.63.